The van der Waals surface area contributed by atoms with E-state index in [4.69, 9.17) is 11.6 Å². The molecule has 21 heavy (non-hydrogen) atoms. The van der Waals surface area contributed by atoms with Crippen LogP contribution in [0.25, 0.3) is 5.65 Å². The third-order valence-electron chi connectivity index (χ3n) is 3.39. The van der Waals surface area contributed by atoms with Crippen LogP contribution in [0.5, 0.6) is 0 Å². The Labute approximate surface area is 126 Å². The average Bonchev–Trinajstić information content (AvgIpc) is 2.91. The fourth-order valence-corrected chi connectivity index (χ4v) is 2.34. The van der Waals surface area contributed by atoms with Gasteiger partial charge in [0.25, 0.3) is 0 Å². The summed E-state index contributed by atoms with van der Waals surface area (Å²) >= 11 is 5.81. The summed E-state index contributed by atoms with van der Waals surface area (Å²) in [5.74, 6) is 0.418. The number of rotatable bonds is 4. The van der Waals surface area contributed by atoms with E-state index in [1.807, 2.05) is 35.7 Å². The van der Waals surface area contributed by atoms with Crippen LogP contribution in [-0.2, 0) is 6.54 Å². The van der Waals surface area contributed by atoms with Crippen LogP contribution in [0.1, 0.15) is 24.4 Å². The Morgan fingerprint density at radius 2 is 2.14 bits per heavy atom. The monoisotopic (exact) mass is 304 g/mol. The van der Waals surface area contributed by atoms with Crippen molar-refractivity contribution in [2.24, 2.45) is 0 Å². The second kappa shape index (κ2) is 5.79. The van der Waals surface area contributed by atoms with Gasteiger partial charge in [0.1, 0.15) is 5.82 Å². The number of hydrogen-bond acceptors (Lipinski definition) is 3. The van der Waals surface area contributed by atoms with Gasteiger partial charge in [0.05, 0.1) is 11.6 Å². The van der Waals surface area contributed by atoms with Crippen molar-refractivity contribution >= 4 is 17.2 Å². The Kier molecular flexibility index (Phi) is 3.86. The van der Waals surface area contributed by atoms with Gasteiger partial charge in [0, 0.05) is 12.2 Å². The summed E-state index contributed by atoms with van der Waals surface area (Å²) in [5.41, 5.74) is 1.74. The maximum atomic E-state index is 13.2. The summed E-state index contributed by atoms with van der Waals surface area (Å²) in [4.78, 5) is 0. The third kappa shape index (κ3) is 2.89. The van der Waals surface area contributed by atoms with Crippen LogP contribution in [0, 0.1) is 5.82 Å². The minimum absolute atomic E-state index is 0.0270. The molecule has 1 unspecified atom stereocenters. The van der Waals surface area contributed by atoms with Crippen LogP contribution in [0.4, 0.5) is 4.39 Å². The normalized spacial score (nSPS) is 12.7. The Balaban J connectivity index is 1.73. The summed E-state index contributed by atoms with van der Waals surface area (Å²) in [6.07, 6.45) is 1.92. The van der Waals surface area contributed by atoms with Crippen molar-refractivity contribution in [3.05, 3.63) is 64.8 Å². The zero-order chi connectivity index (χ0) is 14.8. The SMILES string of the molecule is CC(NCc1nnc2ccccn12)c1ccc(F)c(Cl)c1. The lowest BCUT2D eigenvalue weighted by Gasteiger charge is -2.14. The van der Waals surface area contributed by atoms with E-state index in [9.17, 15) is 4.39 Å². The highest BCUT2D eigenvalue weighted by Gasteiger charge is 2.10. The van der Waals surface area contributed by atoms with Gasteiger partial charge < -0.3 is 5.32 Å². The standard InChI is InChI=1S/C15H14ClFN4/c1-10(11-5-6-13(17)12(16)8-11)18-9-15-20-19-14-4-2-3-7-21(14)15/h2-8,10,18H,9H2,1H3. The van der Waals surface area contributed by atoms with E-state index in [2.05, 4.69) is 15.5 Å². The van der Waals surface area contributed by atoms with E-state index in [1.165, 1.54) is 6.07 Å². The van der Waals surface area contributed by atoms with Gasteiger partial charge in [-0.2, -0.15) is 0 Å². The Morgan fingerprint density at radius 3 is 2.95 bits per heavy atom. The fourth-order valence-electron chi connectivity index (χ4n) is 2.16. The predicted octanol–water partition coefficient (Wildman–Crippen LogP) is 3.37. The molecule has 0 saturated heterocycles. The molecule has 2 aromatic heterocycles. The highest BCUT2D eigenvalue weighted by atomic mass is 35.5. The maximum absolute atomic E-state index is 13.2. The first-order valence-electron chi connectivity index (χ1n) is 6.62. The van der Waals surface area contributed by atoms with Gasteiger partial charge in [-0.3, -0.25) is 4.40 Å². The highest BCUT2D eigenvalue weighted by molar-refractivity contribution is 6.30. The third-order valence-corrected chi connectivity index (χ3v) is 3.68. The molecule has 1 atom stereocenters. The first-order chi connectivity index (χ1) is 10.1. The minimum Gasteiger partial charge on any atom is -0.303 e. The van der Waals surface area contributed by atoms with Gasteiger partial charge in [-0.15, -0.1) is 10.2 Å². The molecule has 108 valence electrons. The van der Waals surface area contributed by atoms with Crippen molar-refractivity contribution in [1.29, 1.82) is 0 Å². The molecule has 1 N–H and O–H groups in total. The van der Waals surface area contributed by atoms with E-state index in [0.717, 1.165) is 17.0 Å². The van der Waals surface area contributed by atoms with Crippen LogP contribution in [0.2, 0.25) is 5.02 Å². The van der Waals surface area contributed by atoms with E-state index in [0.29, 0.717) is 6.54 Å². The molecular formula is C15H14ClFN4. The number of hydrogen-bond donors (Lipinski definition) is 1. The molecule has 1 aromatic carbocycles. The molecule has 0 radical (unpaired) electrons. The lowest BCUT2D eigenvalue weighted by atomic mass is 10.1. The Morgan fingerprint density at radius 1 is 1.29 bits per heavy atom. The summed E-state index contributed by atoms with van der Waals surface area (Å²) in [5, 5.41) is 11.7. The number of nitrogens with one attached hydrogen (secondary N) is 1. The molecule has 0 fully saturated rings. The summed E-state index contributed by atoms with van der Waals surface area (Å²) < 4.78 is 15.1. The van der Waals surface area contributed by atoms with Gasteiger partial charge in [-0.25, -0.2) is 4.39 Å². The number of fused-ring (bicyclic) bond motifs is 1. The van der Waals surface area contributed by atoms with Crippen LogP contribution in [0.15, 0.2) is 42.6 Å². The molecule has 0 bridgehead atoms. The molecule has 0 aliphatic carbocycles. The minimum atomic E-state index is -0.406. The number of benzene rings is 1. The summed E-state index contributed by atoms with van der Waals surface area (Å²) in [6.45, 7) is 2.55. The van der Waals surface area contributed by atoms with Crippen LogP contribution >= 0.6 is 11.6 Å². The second-order valence-electron chi connectivity index (χ2n) is 4.82. The quantitative estimate of drug-likeness (QED) is 0.803. The van der Waals surface area contributed by atoms with Gasteiger partial charge in [0.2, 0.25) is 0 Å². The molecule has 0 amide bonds. The molecule has 2 heterocycles. The smallest absolute Gasteiger partial charge is 0.160 e. The van der Waals surface area contributed by atoms with E-state index in [-0.39, 0.29) is 11.1 Å². The van der Waals surface area contributed by atoms with Gasteiger partial charge in [-0.1, -0.05) is 23.7 Å². The van der Waals surface area contributed by atoms with Crippen LogP contribution in [0.3, 0.4) is 0 Å². The molecule has 0 saturated carbocycles. The van der Waals surface area contributed by atoms with Gasteiger partial charge >= 0.3 is 0 Å². The Bertz CT molecular complexity index is 771. The average molecular weight is 305 g/mol. The lowest BCUT2D eigenvalue weighted by molar-refractivity contribution is 0.554. The van der Waals surface area contributed by atoms with Crippen molar-refractivity contribution < 1.29 is 4.39 Å². The van der Waals surface area contributed by atoms with Crippen LogP contribution < -0.4 is 5.32 Å². The highest BCUT2D eigenvalue weighted by Crippen LogP contribution is 2.20. The topological polar surface area (TPSA) is 42.2 Å². The molecule has 3 rings (SSSR count). The molecule has 0 aliphatic rings. The van der Waals surface area contributed by atoms with Crippen molar-refractivity contribution in [1.82, 2.24) is 19.9 Å². The molecule has 3 aromatic rings. The van der Waals surface area contributed by atoms with E-state index >= 15 is 0 Å². The van der Waals surface area contributed by atoms with Crippen LogP contribution in [-0.4, -0.2) is 14.6 Å². The summed E-state index contributed by atoms with van der Waals surface area (Å²) in [6, 6.07) is 10.5. The first-order valence-corrected chi connectivity index (χ1v) is 7.00. The lowest BCUT2D eigenvalue weighted by Crippen LogP contribution is -2.19. The van der Waals surface area contributed by atoms with E-state index < -0.39 is 5.82 Å². The molecular weight excluding hydrogens is 291 g/mol. The molecule has 0 spiro atoms. The molecule has 4 nitrogen and oxygen atoms in total. The van der Waals surface area contributed by atoms with Gasteiger partial charge in [0.15, 0.2) is 11.5 Å². The van der Waals surface area contributed by atoms with Gasteiger partial charge in [-0.05, 0) is 36.8 Å². The Hall–Kier alpha value is -1.98. The summed E-state index contributed by atoms with van der Waals surface area (Å²) in [7, 11) is 0. The zero-order valence-corrected chi connectivity index (χ0v) is 12.2. The number of pyridine rings is 1. The predicted molar refractivity (Wildman–Crippen MR) is 79.7 cm³/mol. The maximum Gasteiger partial charge on any atom is 0.160 e. The molecule has 0 aliphatic heterocycles. The number of aromatic nitrogens is 3. The van der Waals surface area contributed by atoms with Crippen molar-refractivity contribution in [3.63, 3.8) is 0 Å². The largest absolute Gasteiger partial charge is 0.303 e. The van der Waals surface area contributed by atoms with E-state index in [1.54, 1.807) is 12.1 Å². The first kappa shape index (κ1) is 14.0. The zero-order valence-electron chi connectivity index (χ0n) is 11.4. The van der Waals surface area contributed by atoms with Crippen molar-refractivity contribution in [2.45, 2.75) is 19.5 Å². The number of halogens is 2. The van der Waals surface area contributed by atoms with Crippen molar-refractivity contribution in [3.8, 4) is 0 Å². The molecule has 6 heteroatoms. The second-order valence-corrected chi connectivity index (χ2v) is 5.23. The van der Waals surface area contributed by atoms with Crippen molar-refractivity contribution in [2.75, 3.05) is 0 Å². The fraction of sp³-hybridized carbons (Fsp3) is 0.200. The number of nitrogens with zero attached hydrogens (tertiary/aromatic N) is 3.